The summed E-state index contributed by atoms with van der Waals surface area (Å²) < 4.78 is 10.4. The number of hydrogen-bond donors (Lipinski definition) is 1. The lowest BCUT2D eigenvalue weighted by molar-refractivity contribution is -0.142. The van der Waals surface area contributed by atoms with Gasteiger partial charge in [-0.2, -0.15) is 0 Å². The molecule has 1 N–H and O–H groups in total. The SMILES string of the molecule is COC(=O)c1c(CC(=O)N2C[C@@H](C)O[C@H](C)C2)[nH]c(C(C)=O)c1C. The Hall–Kier alpha value is -2.15. The minimum absolute atomic E-state index is 0.0119. The van der Waals surface area contributed by atoms with Crippen molar-refractivity contribution in [2.75, 3.05) is 20.2 Å². The number of ketones is 1. The summed E-state index contributed by atoms with van der Waals surface area (Å²) in [5, 5.41) is 0. The molecule has 1 aromatic heterocycles. The standard InChI is InChI=1S/C17H24N2O5/c1-9-7-19(8-10(2)24-9)14(21)6-13-15(17(22)23-5)11(3)16(18-13)12(4)20/h9-10,18H,6-8H2,1-5H3/t9-,10-/m1/s1. The van der Waals surface area contributed by atoms with Crippen LogP contribution in [0.15, 0.2) is 0 Å². The molecular weight excluding hydrogens is 312 g/mol. The van der Waals surface area contributed by atoms with Gasteiger partial charge >= 0.3 is 5.97 Å². The van der Waals surface area contributed by atoms with E-state index < -0.39 is 5.97 Å². The van der Waals surface area contributed by atoms with Crippen molar-refractivity contribution in [1.82, 2.24) is 9.88 Å². The van der Waals surface area contributed by atoms with Crippen molar-refractivity contribution in [2.24, 2.45) is 0 Å². The van der Waals surface area contributed by atoms with Crippen LogP contribution in [0, 0.1) is 6.92 Å². The predicted molar refractivity (Wildman–Crippen MR) is 87.2 cm³/mol. The molecule has 0 radical (unpaired) electrons. The van der Waals surface area contributed by atoms with Crippen LogP contribution in [0.1, 0.15) is 52.9 Å². The minimum Gasteiger partial charge on any atom is -0.465 e. The molecule has 1 aliphatic heterocycles. The zero-order chi connectivity index (χ0) is 18.0. The number of ether oxygens (including phenoxy) is 2. The van der Waals surface area contributed by atoms with Gasteiger partial charge in [0.25, 0.3) is 0 Å². The molecule has 1 saturated heterocycles. The number of rotatable bonds is 4. The average Bonchev–Trinajstić information content (AvgIpc) is 2.82. The first-order valence-corrected chi connectivity index (χ1v) is 7.98. The summed E-state index contributed by atoms with van der Waals surface area (Å²) in [6, 6.07) is 0. The molecule has 7 nitrogen and oxygen atoms in total. The number of nitrogens with one attached hydrogen (secondary N) is 1. The molecule has 24 heavy (non-hydrogen) atoms. The van der Waals surface area contributed by atoms with E-state index in [0.29, 0.717) is 30.0 Å². The Kier molecular flexibility index (Phi) is 5.43. The molecule has 0 saturated carbocycles. The van der Waals surface area contributed by atoms with Gasteiger partial charge in [0.05, 0.1) is 37.0 Å². The van der Waals surface area contributed by atoms with E-state index in [-0.39, 0.29) is 35.9 Å². The molecule has 132 valence electrons. The molecule has 1 aliphatic rings. The van der Waals surface area contributed by atoms with Gasteiger partial charge in [-0.1, -0.05) is 0 Å². The van der Waals surface area contributed by atoms with Gasteiger partial charge in [-0.15, -0.1) is 0 Å². The topological polar surface area (TPSA) is 88.7 Å². The van der Waals surface area contributed by atoms with Crippen LogP contribution >= 0.6 is 0 Å². The van der Waals surface area contributed by atoms with Gasteiger partial charge in [0.15, 0.2) is 5.78 Å². The number of Topliss-reactive ketones (excluding diaryl/α,β-unsaturated/α-hetero) is 1. The third-order valence-corrected chi connectivity index (χ3v) is 4.17. The highest BCUT2D eigenvalue weighted by atomic mass is 16.5. The Morgan fingerprint density at radius 3 is 2.33 bits per heavy atom. The van der Waals surface area contributed by atoms with Crippen LogP contribution in [0.2, 0.25) is 0 Å². The molecule has 2 atom stereocenters. The van der Waals surface area contributed by atoms with Gasteiger partial charge in [-0.05, 0) is 26.3 Å². The number of H-pyrrole nitrogens is 1. The number of methoxy groups -OCH3 is 1. The van der Waals surface area contributed by atoms with E-state index in [0.717, 1.165) is 0 Å². The highest BCUT2D eigenvalue weighted by Gasteiger charge is 2.29. The van der Waals surface area contributed by atoms with Crippen molar-refractivity contribution < 1.29 is 23.9 Å². The largest absolute Gasteiger partial charge is 0.465 e. The monoisotopic (exact) mass is 336 g/mol. The number of hydrogen-bond acceptors (Lipinski definition) is 5. The molecule has 2 heterocycles. The number of aromatic amines is 1. The number of morpholine rings is 1. The Morgan fingerprint density at radius 1 is 1.25 bits per heavy atom. The summed E-state index contributed by atoms with van der Waals surface area (Å²) in [7, 11) is 1.28. The van der Waals surface area contributed by atoms with E-state index >= 15 is 0 Å². The molecule has 1 aromatic rings. The van der Waals surface area contributed by atoms with E-state index in [1.54, 1.807) is 11.8 Å². The number of carbonyl (C=O) groups excluding carboxylic acids is 3. The zero-order valence-electron chi connectivity index (χ0n) is 14.8. The van der Waals surface area contributed by atoms with Crippen molar-refractivity contribution in [3.05, 3.63) is 22.5 Å². The van der Waals surface area contributed by atoms with Crippen molar-refractivity contribution in [2.45, 2.75) is 46.3 Å². The summed E-state index contributed by atoms with van der Waals surface area (Å²) in [5.41, 5.74) is 1.54. The van der Waals surface area contributed by atoms with Gasteiger partial charge in [0.1, 0.15) is 0 Å². The fraction of sp³-hybridized carbons (Fsp3) is 0.588. The smallest absolute Gasteiger partial charge is 0.339 e. The second-order valence-electron chi connectivity index (χ2n) is 6.26. The lowest BCUT2D eigenvalue weighted by Gasteiger charge is -2.35. The van der Waals surface area contributed by atoms with Gasteiger partial charge in [0, 0.05) is 25.7 Å². The molecule has 2 rings (SSSR count). The summed E-state index contributed by atoms with van der Waals surface area (Å²) in [5.74, 6) is -0.855. The molecular formula is C17H24N2O5. The maximum Gasteiger partial charge on any atom is 0.339 e. The highest BCUT2D eigenvalue weighted by molar-refractivity contribution is 6.01. The first-order chi connectivity index (χ1) is 11.2. The van der Waals surface area contributed by atoms with Crippen LogP contribution in [-0.2, 0) is 20.7 Å². The molecule has 1 fully saturated rings. The molecule has 0 aromatic carbocycles. The quantitative estimate of drug-likeness (QED) is 0.665. The van der Waals surface area contributed by atoms with Gasteiger partial charge < -0.3 is 19.4 Å². The van der Waals surface area contributed by atoms with Crippen LogP contribution < -0.4 is 0 Å². The minimum atomic E-state index is -0.553. The number of carbonyl (C=O) groups is 3. The summed E-state index contributed by atoms with van der Waals surface area (Å²) in [4.78, 5) is 41.1. The number of amides is 1. The lowest BCUT2D eigenvalue weighted by atomic mass is 10.1. The maximum absolute atomic E-state index is 12.6. The van der Waals surface area contributed by atoms with Gasteiger partial charge in [-0.3, -0.25) is 9.59 Å². The molecule has 0 unspecified atom stereocenters. The molecule has 1 amide bonds. The predicted octanol–water partition coefficient (Wildman–Crippen LogP) is 1.49. The third-order valence-electron chi connectivity index (χ3n) is 4.17. The highest BCUT2D eigenvalue weighted by Crippen LogP contribution is 2.22. The van der Waals surface area contributed by atoms with Gasteiger partial charge in [-0.25, -0.2) is 4.79 Å². The normalized spacial score (nSPS) is 20.8. The Morgan fingerprint density at radius 2 is 1.83 bits per heavy atom. The fourth-order valence-electron chi connectivity index (χ4n) is 3.17. The third kappa shape index (κ3) is 3.67. The number of aromatic nitrogens is 1. The van der Waals surface area contributed by atoms with Crippen molar-refractivity contribution in [3.8, 4) is 0 Å². The van der Waals surface area contributed by atoms with Crippen molar-refractivity contribution in [3.63, 3.8) is 0 Å². The number of esters is 1. The maximum atomic E-state index is 12.6. The second kappa shape index (κ2) is 7.17. The Bertz CT molecular complexity index is 654. The number of nitrogens with zero attached hydrogens (tertiary/aromatic N) is 1. The molecule has 7 heteroatoms. The van der Waals surface area contributed by atoms with E-state index in [9.17, 15) is 14.4 Å². The summed E-state index contributed by atoms with van der Waals surface area (Å²) >= 11 is 0. The molecule has 0 bridgehead atoms. The summed E-state index contributed by atoms with van der Waals surface area (Å²) in [6.07, 6.45) is -0.0512. The molecule has 0 spiro atoms. The van der Waals surface area contributed by atoms with E-state index in [1.807, 2.05) is 13.8 Å². The van der Waals surface area contributed by atoms with Crippen molar-refractivity contribution >= 4 is 17.7 Å². The van der Waals surface area contributed by atoms with E-state index in [1.165, 1.54) is 14.0 Å². The van der Waals surface area contributed by atoms with Gasteiger partial charge in [0.2, 0.25) is 5.91 Å². The average molecular weight is 336 g/mol. The summed E-state index contributed by atoms with van der Waals surface area (Å²) in [6.45, 7) is 7.94. The van der Waals surface area contributed by atoms with Crippen LogP contribution in [0.3, 0.4) is 0 Å². The van der Waals surface area contributed by atoms with Crippen molar-refractivity contribution in [1.29, 1.82) is 0 Å². The molecule has 0 aliphatic carbocycles. The Balaban J connectivity index is 2.28. The van der Waals surface area contributed by atoms with Crippen LogP contribution in [0.5, 0.6) is 0 Å². The first kappa shape index (κ1) is 18.2. The lowest BCUT2D eigenvalue weighted by Crippen LogP contribution is -2.48. The second-order valence-corrected chi connectivity index (χ2v) is 6.26. The van der Waals surface area contributed by atoms with Crippen LogP contribution in [-0.4, -0.2) is 60.0 Å². The first-order valence-electron chi connectivity index (χ1n) is 7.98. The van der Waals surface area contributed by atoms with Crippen LogP contribution in [0.25, 0.3) is 0 Å². The van der Waals surface area contributed by atoms with Crippen LogP contribution in [0.4, 0.5) is 0 Å². The van der Waals surface area contributed by atoms with E-state index in [4.69, 9.17) is 9.47 Å². The fourth-order valence-corrected chi connectivity index (χ4v) is 3.17. The zero-order valence-corrected chi connectivity index (χ0v) is 14.8. The van der Waals surface area contributed by atoms with E-state index in [2.05, 4.69) is 4.98 Å². The Labute approximate surface area is 141 Å².